The van der Waals surface area contributed by atoms with Crippen molar-refractivity contribution >= 4 is 34.2 Å². The van der Waals surface area contributed by atoms with E-state index in [0.29, 0.717) is 40.3 Å². The van der Waals surface area contributed by atoms with Crippen LogP contribution in [0.1, 0.15) is 35.4 Å². The van der Waals surface area contributed by atoms with Gasteiger partial charge in [0.15, 0.2) is 0 Å². The molecule has 0 aliphatic rings. The number of fused-ring (bicyclic) bond motifs is 1. The lowest BCUT2D eigenvalue weighted by Gasteiger charge is -2.16. The summed E-state index contributed by atoms with van der Waals surface area (Å²) in [6, 6.07) is 21.8. The normalized spacial score (nSPS) is 11.6. The second kappa shape index (κ2) is 10.1. The maximum Gasteiger partial charge on any atom is 0.293 e. The highest BCUT2D eigenvalue weighted by Crippen LogP contribution is 2.35. The SMILES string of the molecule is CCC(C(=O)Nc1c(C(=O)Nc2cc(OC)ccc2OC)oc2ccccc12)c1ccccc1. The standard InChI is InChI=1S/C27H26N2O5/c1-4-19(17-10-6-5-7-11-17)26(30)29-24-20-12-8-9-13-22(20)34-25(24)27(31)28-21-16-18(32-2)14-15-23(21)33-3/h5-16,19H,4H2,1-3H3,(H,28,31)(H,29,30). The van der Waals surface area contributed by atoms with Crippen LogP contribution < -0.4 is 20.1 Å². The van der Waals surface area contributed by atoms with Gasteiger partial charge in [-0.25, -0.2) is 0 Å². The van der Waals surface area contributed by atoms with E-state index in [1.807, 2.05) is 49.4 Å². The molecule has 1 aromatic heterocycles. The summed E-state index contributed by atoms with van der Waals surface area (Å²) >= 11 is 0. The zero-order chi connectivity index (χ0) is 24.1. The number of carbonyl (C=O) groups excluding carboxylic acids is 2. The third-order valence-corrected chi connectivity index (χ3v) is 5.63. The summed E-state index contributed by atoms with van der Waals surface area (Å²) in [6.45, 7) is 1.95. The summed E-state index contributed by atoms with van der Waals surface area (Å²) in [6.07, 6.45) is 0.605. The molecule has 0 bridgehead atoms. The number of hydrogen-bond donors (Lipinski definition) is 2. The first-order chi connectivity index (χ1) is 16.5. The Balaban J connectivity index is 1.69. The molecule has 0 spiro atoms. The monoisotopic (exact) mass is 458 g/mol. The van der Waals surface area contributed by atoms with E-state index >= 15 is 0 Å². The van der Waals surface area contributed by atoms with E-state index < -0.39 is 5.91 Å². The highest BCUT2D eigenvalue weighted by atomic mass is 16.5. The van der Waals surface area contributed by atoms with Crippen LogP contribution in [0.2, 0.25) is 0 Å². The summed E-state index contributed by atoms with van der Waals surface area (Å²) in [7, 11) is 3.05. The largest absolute Gasteiger partial charge is 0.497 e. The maximum absolute atomic E-state index is 13.3. The summed E-state index contributed by atoms with van der Waals surface area (Å²) in [5.74, 6) is -0.0838. The summed E-state index contributed by atoms with van der Waals surface area (Å²) in [5, 5.41) is 6.40. The minimum Gasteiger partial charge on any atom is -0.497 e. The number of methoxy groups -OCH3 is 2. The van der Waals surface area contributed by atoms with Crippen molar-refractivity contribution in [1.29, 1.82) is 0 Å². The van der Waals surface area contributed by atoms with Crippen LogP contribution in [-0.4, -0.2) is 26.0 Å². The molecule has 0 aliphatic carbocycles. The molecule has 3 aromatic carbocycles. The van der Waals surface area contributed by atoms with Crippen LogP contribution in [0.5, 0.6) is 11.5 Å². The first-order valence-corrected chi connectivity index (χ1v) is 11.0. The summed E-state index contributed by atoms with van der Waals surface area (Å²) < 4.78 is 16.5. The fourth-order valence-electron chi connectivity index (χ4n) is 3.89. The molecule has 7 nitrogen and oxygen atoms in total. The number of amides is 2. The van der Waals surface area contributed by atoms with Gasteiger partial charge in [0.25, 0.3) is 5.91 Å². The quantitative estimate of drug-likeness (QED) is 0.346. The van der Waals surface area contributed by atoms with Gasteiger partial charge in [0, 0.05) is 11.5 Å². The number of nitrogens with one attached hydrogen (secondary N) is 2. The van der Waals surface area contributed by atoms with E-state index in [-0.39, 0.29) is 17.6 Å². The number of rotatable bonds is 8. The molecule has 2 N–H and O–H groups in total. The minimum absolute atomic E-state index is 0.00216. The van der Waals surface area contributed by atoms with E-state index in [1.54, 1.807) is 30.3 Å². The number of furan rings is 1. The van der Waals surface area contributed by atoms with Gasteiger partial charge in [-0.1, -0.05) is 49.4 Å². The highest BCUT2D eigenvalue weighted by Gasteiger charge is 2.26. The van der Waals surface area contributed by atoms with Crippen molar-refractivity contribution in [3.8, 4) is 11.5 Å². The number of para-hydroxylation sites is 1. The van der Waals surface area contributed by atoms with Crippen LogP contribution in [0.15, 0.2) is 77.2 Å². The Morgan fingerprint density at radius 1 is 0.912 bits per heavy atom. The Morgan fingerprint density at radius 2 is 1.65 bits per heavy atom. The van der Waals surface area contributed by atoms with Crippen LogP contribution in [0.4, 0.5) is 11.4 Å². The average Bonchev–Trinajstić information content (AvgIpc) is 3.23. The van der Waals surface area contributed by atoms with Crippen molar-refractivity contribution in [3.05, 3.63) is 84.1 Å². The summed E-state index contributed by atoms with van der Waals surface area (Å²) in [4.78, 5) is 26.6. The molecule has 0 saturated carbocycles. The Labute approximate surface area is 197 Å². The first kappa shape index (κ1) is 22.9. The lowest BCUT2D eigenvalue weighted by Crippen LogP contribution is -2.22. The van der Waals surface area contributed by atoms with Crippen LogP contribution >= 0.6 is 0 Å². The Hall–Kier alpha value is -4.26. The molecule has 2 amide bonds. The Bertz CT molecular complexity index is 1310. The predicted octanol–water partition coefficient (Wildman–Crippen LogP) is 5.83. The number of ether oxygens (including phenoxy) is 2. The molecule has 0 fully saturated rings. The van der Waals surface area contributed by atoms with Gasteiger partial charge >= 0.3 is 0 Å². The topological polar surface area (TPSA) is 89.8 Å². The van der Waals surface area contributed by atoms with Crippen molar-refractivity contribution < 1.29 is 23.5 Å². The number of carbonyl (C=O) groups is 2. The Kier molecular flexibility index (Phi) is 6.82. The molecule has 4 aromatic rings. The number of benzene rings is 3. The zero-order valence-corrected chi connectivity index (χ0v) is 19.3. The fraction of sp³-hybridized carbons (Fsp3) is 0.185. The molecular formula is C27H26N2O5. The predicted molar refractivity (Wildman–Crippen MR) is 132 cm³/mol. The molecule has 0 aliphatic heterocycles. The molecule has 34 heavy (non-hydrogen) atoms. The van der Waals surface area contributed by atoms with Gasteiger partial charge < -0.3 is 24.5 Å². The second-order valence-electron chi connectivity index (χ2n) is 7.68. The molecule has 7 heteroatoms. The van der Waals surface area contributed by atoms with Crippen molar-refractivity contribution in [3.63, 3.8) is 0 Å². The van der Waals surface area contributed by atoms with Gasteiger partial charge in [-0.15, -0.1) is 0 Å². The van der Waals surface area contributed by atoms with Crippen molar-refractivity contribution in [1.82, 2.24) is 0 Å². The van der Waals surface area contributed by atoms with Gasteiger partial charge in [0.2, 0.25) is 11.7 Å². The van der Waals surface area contributed by atoms with Crippen LogP contribution in [-0.2, 0) is 4.79 Å². The molecule has 1 atom stereocenters. The second-order valence-corrected chi connectivity index (χ2v) is 7.68. The van der Waals surface area contributed by atoms with E-state index in [0.717, 1.165) is 5.56 Å². The smallest absolute Gasteiger partial charge is 0.293 e. The van der Waals surface area contributed by atoms with Gasteiger partial charge in [-0.3, -0.25) is 9.59 Å². The molecule has 1 unspecified atom stereocenters. The zero-order valence-electron chi connectivity index (χ0n) is 19.3. The van der Waals surface area contributed by atoms with Crippen LogP contribution in [0.25, 0.3) is 11.0 Å². The molecule has 1 heterocycles. The Morgan fingerprint density at radius 3 is 2.35 bits per heavy atom. The molecule has 174 valence electrons. The average molecular weight is 459 g/mol. The molecule has 0 saturated heterocycles. The van der Waals surface area contributed by atoms with Gasteiger partial charge in [0.05, 0.1) is 25.8 Å². The van der Waals surface area contributed by atoms with Crippen molar-refractivity contribution in [2.24, 2.45) is 0 Å². The number of anilines is 2. The van der Waals surface area contributed by atoms with E-state index in [1.165, 1.54) is 14.2 Å². The summed E-state index contributed by atoms with van der Waals surface area (Å²) in [5.41, 5.74) is 2.14. The third-order valence-electron chi connectivity index (χ3n) is 5.63. The minimum atomic E-state index is -0.522. The lowest BCUT2D eigenvalue weighted by atomic mass is 9.95. The molecule has 4 rings (SSSR count). The molecular weight excluding hydrogens is 432 g/mol. The van der Waals surface area contributed by atoms with E-state index in [2.05, 4.69) is 10.6 Å². The van der Waals surface area contributed by atoms with Crippen molar-refractivity contribution in [2.75, 3.05) is 24.9 Å². The highest BCUT2D eigenvalue weighted by molar-refractivity contribution is 6.15. The molecule has 0 radical (unpaired) electrons. The van der Waals surface area contributed by atoms with Crippen LogP contribution in [0, 0.1) is 0 Å². The fourth-order valence-corrected chi connectivity index (χ4v) is 3.89. The van der Waals surface area contributed by atoms with E-state index in [9.17, 15) is 9.59 Å². The van der Waals surface area contributed by atoms with Gasteiger partial charge in [0.1, 0.15) is 22.8 Å². The lowest BCUT2D eigenvalue weighted by molar-refractivity contribution is -0.117. The number of hydrogen-bond acceptors (Lipinski definition) is 5. The van der Waals surface area contributed by atoms with E-state index in [4.69, 9.17) is 13.9 Å². The van der Waals surface area contributed by atoms with Gasteiger partial charge in [-0.05, 0) is 36.2 Å². The third kappa shape index (κ3) is 4.59. The van der Waals surface area contributed by atoms with Crippen LogP contribution in [0.3, 0.4) is 0 Å². The maximum atomic E-state index is 13.3. The first-order valence-electron chi connectivity index (χ1n) is 11.0. The van der Waals surface area contributed by atoms with Crippen molar-refractivity contribution in [2.45, 2.75) is 19.3 Å². The van der Waals surface area contributed by atoms with Gasteiger partial charge in [-0.2, -0.15) is 0 Å².